The fraction of sp³-hybridized carbons (Fsp3) is 0.438. The second-order valence-corrected chi connectivity index (χ2v) is 6.01. The quantitative estimate of drug-likeness (QED) is 0.936. The van der Waals surface area contributed by atoms with Crippen LogP contribution in [0.1, 0.15) is 36.0 Å². The molecule has 1 aliphatic heterocycles. The van der Waals surface area contributed by atoms with Crippen molar-refractivity contribution in [1.29, 1.82) is 0 Å². The lowest BCUT2D eigenvalue weighted by Crippen LogP contribution is -2.26. The number of rotatable bonds is 4. The van der Waals surface area contributed by atoms with Crippen LogP contribution < -0.4 is 5.32 Å². The van der Waals surface area contributed by atoms with Gasteiger partial charge in [0.15, 0.2) is 5.82 Å². The molecule has 1 saturated carbocycles. The first kappa shape index (κ1) is 13.4. The highest BCUT2D eigenvalue weighted by atomic mass is 19.1. The van der Waals surface area contributed by atoms with Gasteiger partial charge in [0, 0.05) is 18.9 Å². The summed E-state index contributed by atoms with van der Waals surface area (Å²) < 4.78 is 15.3. The zero-order valence-electron chi connectivity index (χ0n) is 12.1. The third kappa shape index (κ3) is 2.38. The Kier molecular flexibility index (Phi) is 3.17. The van der Waals surface area contributed by atoms with Crippen LogP contribution in [0.4, 0.5) is 4.39 Å². The van der Waals surface area contributed by atoms with E-state index in [2.05, 4.69) is 20.1 Å². The van der Waals surface area contributed by atoms with Crippen LogP contribution in [0.2, 0.25) is 0 Å². The van der Waals surface area contributed by atoms with E-state index < -0.39 is 0 Å². The molecule has 2 unspecified atom stereocenters. The maximum atomic E-state index is 13.2. The van der Waals surface area contributed by atoms with Crippen LogP contribution in [0, 0.1) is 11.7 Å². The van der Waals surface area contributed by atoms with Gasteiger partial charge in [0.1, 0.15) is 11.6 Å². The second kappa shape index (κ2) is 5.19. The van der Waals surface area contributed by atoms with Crippen molar-refractivity contribution in [3.8, 4) is 0 Å². The number of hydrogen-bond donors (Lipinski definition) is 1. The van der Waals surface area contributed by atoms with Gasteiger partial charge in [-0.05, 0) is 36.5 Å². The number of aromatic nitrogens is 3. The Bertz CT molecular complexity index is 727. The molecule has 0 radical (unpaired) electrons. The van der Waals surface area contributed by atoms with Crippen molar-refractivity contribution in [1.82, 2.24) is 20.1 Å². The smallest absolute Gasteiger partial charge is 0.224 e. The fourth-order valence-electron chi connectivity index (χ4n) is 3.23. The maximum absolute atomic E-state index is 13.2. The molecule has 0 spiro atoms. The number of amides is 1. The van der Waals surface area contributed by atoms with Crippen LogP contribution in [-0.4, -0.2) is 20.7 Å². The van der Waals surface area contributed by atoms with Crippen molar-refractivity contribution in [3.63, 3.8) is 0 Å². The van der Waals surface area contributed by atoms with Crippen LogP contribution in [-0.2, 0) is 24.3 Å². The van der Waals surface area contributed by atoms with Crippen LogP contribution in [0.25, 0.3) is 0 Å². The third-order valence-corrected chi connectivity index (χ3v) is 4.51. The highest BCUT2D eigenvalue weighted by Gasteiger charge is 2.44. The molecule has 1 amide bonds. The molecule has 1 aromatic heterocycles. The van der Waals surface area contributed by atoms with Crippen molar-refractivity contribution in [3.05, 3.63) is 47.3 Å². The van der Waals surface area contributed by atoms with E-state index in [1.54, 1.807) is 6.07 Å². The first-order valence-electron chi connectivity index (χ1n) is 7.66. The summed E-state index contributed by atoms with van der Waals surface area (Å²) in [6.07, 6.45) is 2.84. The van der Waals surface area contributed by atoms with E-state index in [9.17, 15) is 9.18 Å². The first-order chi connectivity index (χ1) is 10.7. The van der Waals surface area contributed by atoms with Crippen molar-refractivity contribution < 1.29 is 9.18 Å². The number of nitrogens with zero attached hydrogens (tertiary/aromatic N) is 3. The van der Waals surface area contributed by atoms with Gasteiger partial charge in [0.2, 0.25) is 5.91 Å². The number of fused-ring (bicyclic) bond motifs is 1. The SMILES string of the molecule is O=C(NCc1nnc2n1CCC2)C1CC1c1cccc(F)c1. The van der Waals surface area contributed by atoms with E-state index in [4.69, 9.17) is 0 Å². The molecule has 1 aromatic carbocycles. The van der Waals surface area contributed by atoms with Gasteiger partial charge in [-0.2, -0.15) is 0 Å². The largest absolute Gasteiger partial charge is 0.349 e. The lowest BCUT2D eigenvalue weighted by Gasteiger charge is -2.06. The molecule has 4 rings (SSSR count). The number of nitrogens with one attached hydrogen (secondary N) is 1. The number of hydrogen-bond acceptors (Lipinski definition) is 3. The van der Waals surface area contributed by atoms with E-state index >= 15 is 0 Å². The summed E-state index contributed by atoms with van der Waals surface area (Å²) in [6.45, 7) is 1.35. The second-order valence-electron chi connectivity index (χ2n) is 6.01. The number of aryl methyl sites for hydroxylation is 1. The lowest BCUT2D eigenvalue weighted by molar-refractivity contribution is -0.122. The van der Waals surface area contributed by atoms with E-state index in [0.717, 1.165) is 43.0 Å². The molecule has 2 aliphatic rings. The molecule has 1 N–H and O–H groups in total. The van der Waals surface area contributed by atoms with Gasteiger partial charge in [-0.25, -0.2) is 4.39 Å². The summed E-state index contributed by atoms with van der Waals surface area (Å²) in [4.78, 5) is 12.2. The fourth-order valence-corrected chi connectivity index (χ4v) is 3.23. The van der Waals surface area contributed by atoms with E-state index in [0.29, 0.717) is 6.54 Å². The standard InChI is InChI=1S/C16H17FN4O/c17-11-4-1-3-10(7-11)12-8-13(12)16(22)18-9-15-20-19-14-5-2-6-21(14)15/h1,3-4,7,12-13H,2,5-6,8-9H2,(H,18,22). The molecule has 6 heteroatoms. The van der Waals surface area contributed by atoms with Crippen LogP contribution in [0.5, 0.6) is 0 Å². The highest BCUT2D eigenvalue weighted by molar-refractivity contribution is 5.82. The van der Waals surface area contributed by atoms with Crippen molar-refractivity contribution in [2.45, 2.75) is 38.3 Å². The number of halogens is 1. The van der Waals surface area contributed by atoms with Crippen LogP contribution >= 0.6 is 0 Å². The molecule has 2 aromatic rings. The Morgan fingerprint density at radius 1 is 1.41 bits per heavy atom. The highest BCUT2D eigenvalue weighted by Crippen LogP contribution is 2.47. The molecule has 0 bridgehead atoms. The minimum absolute atomic E-state index is 0.0182. The summed E-state index contributed by atoms with van der Waals surface area (Å²) in [7, 11) is 0. The predicted molar refractivity (Wildman–Crippen MR) is 77.4 cm³/mol. The molecule has 1 aliphatic carbocycles. The Balaban J connectivity index is 1.36. The average Bonchev–Trinajstić information content (AvgIpc) is 3.02. The molecule has 2 atom stereocenters. The Morgan fingerprint density at radius 3 is 3.18 bits per heavy atom. The van der Waals surface area contributed by atoms with Gasteiger partial charge < -0.3 is 9.88 Å². The lowest BCUT2D eigenvalue weighted by atomic mass is 10.1. The topological polar surface area (TPSA) is 59.8 Å². The van der Waals surface area contributed by atoms with E-state index in [-0.39, 0.29) is 23.6 Å². The molecule has 5 nitrogen and oxygen atoms in total. The summed E-state index contributed by atoms with van der Waals surface area (Å²) >= 11 is 0. The van der Waals surface area contributed by atoms with Gasteiger partial charge in [-0.3, -0.25) is 4.79 Å². The molecular weight excluding hydrogens is 283 g/mol. The van der Waals surface area contributed by atoms with Gasteiger partial charge in [-0.15, -0.1) is 10.2 Å². The Morgan fingerprint density at radius 2 is 2.32 bits per heavy atom. The average molecular weight is 300 g/mol. The van der Waals surface area contributed by atoms with Crippen LogP contribution in [0.3, 0.4) is 0 Å². The van der Waals surface area contributed by atoms with Crippen molar-refractivity contribution in [2.75, 3.05) is 0 Å². The first-order valence-corrected chi connectivity index (χ1v) is 7.66. The normalized spacial score (nSPS) is 22.4. The summed E-state index contributed by atoms with van der Waals surface area (Å²) in [5, 5.41) is 11.2. The van der Waals surface area contributed by atoms with Gasteiger partial charge in [0.05, 0.1) is 6.54 Å². The predicted octanol–water partition coefficient (Wildman–Crippen LogP) is 1.78. The zero-order valence-corrected chi connectivity index (χ0v) is 12.1. The van der Waals surface area contributed by atoms with Crippen molar-refractivity contribution in [2.24, 2.45) is 5.92 Å². The van der Waals surface area contributed by atoms with Crippen molar-refractivity contribution >= 4 is 5.91 Å². The van der Waals surface area contributed by atoms with E-state index in [1.807, 2.05) is 6.07 Å². The Hall–Kier alpha value is -2.24. The molecule has 0 saturated heterocycles. The minimum atomic E-state index is -0.248. The summed E-state index contributed by atoms with van der Waals surface area (Å²) in [5.74, 6) is 1.69. The molecule has 114 valence electrons. The maximum Gasteiger partial charge on any atom is 0.224 e. The molecule has 22 heavy (non-hydrogen) atoms. The Labute approximate surface area is 127 Å². The van der Waals surface area contributed by atoms with Gasteiger partial charge in [0.25, 0.3) is 0 Å². The monoisotopic (exact) mass is 300 g/mol. The number of carbonyl (C=O) groups is 1. The van der Waals surface area contributed by atoms with E-state index in [1.165, 1.54) is 12.1 Å². The van der Waals surface area contributed by atoms with Gasteiger partial charge in [-0.1, -0.05) is 12.1 Å². The summed E-state index contributed by atoms with van der Waals surface area (Å²) in [6, 6.07) is 6.51. The van der Waals surface area contributed by atoms with Crippen LogP contribution in [0.15, 0.2) is 24.3 Å². The van der Waals surface area contributed by atoms with Gasteiger partial charge >= 0.3 is 0 Å². The molecule has 1 fully saturated rings. The number of carbonyl (C=O) groups excluding carboxylic acids is 1. The summed E-state index contributed by atoms with van der Waals surface area (Å²) in [5.41, 5.74) is 0.906. The molecule has 2 heterocycles. The molecular formula is C16H17FN4O. The third-order valence-electron chi connectivity index (χ3n) is 4.51. The minimum Gasteiger partial charge on any atom is -0.349 e. The number of benzene rings is 1. The zero-order chi connectivity index (χ0) is 15.1.